The molecule has 0 saturated heterocycles. The number of rotatable bonds is 12. The molecule has 1 heterocycles. The molecule has 2 fully saturated rings. The lowest BCUT2D eigenvalue weighted by Gasteiger charge is -2.28. The minimum atomic E-state index is -4.74. The Morgan fingerprint density at radius 3 is 2.07 bits per heavy atom. The predicted molar refractivity (Wildman–Crippen MR) is 160 cm³/mol. The molecule has 5 rings (SSSR count). The van der Waals surface area contributed by atoms with Crippen molar-refractivity contribution in [3.05, 3.63) is 83.4 Å². The summed E-state index contributed by atoms with van der Waals surface area (Å²) in [5.41, 5.74) is 0.167. The third-order valence-corrected chi connectivity index (χ3v) is 8.57. The minimum absolute atomic E-state index is 0.0783. The van der Waals surface area contributed by atoms with Crippen molar-refractivity contribution in [3.63, 3.8) is 0 Å². The molecule has 3 aromatic rings. The van der Waals surface area contributed by atoms with Gasteiger partial charge in [0.25, 0.3) is 5.91 Å². The lowest BCUT2D eigenvalue weighted by molar-refractivity contribution is -0.163. The number of hydrogen-bond acceptors (Lipinski definition) is 4. The van der Waals surface area contributed by atoms with Gasteiger partial charge in [-0.1, -0.05) is 36.4 Å². The van der Waals surface area contributed by atoms with Crippen molar-refractivity contribution in [1.82, 2.24) is 20.4 Å². The van der Waals surface area contributed by atoms with Crippen LogP contribution in [-0.4, -0.2) is 39.7 Å². The van der Waals surface area contributed by atoms with Gasteiger partial charge in [-0.15, -0.1) is 0 Å². The standard InChI is InChI=1S/C33H37F4N5O3/c1-18(2)42-26(15-16-38-42)31(44)40-28(27(20-9-10-20)21-11-12-21)32(45)39-25-14-13-23(17-24(25)34)19(3)30(43)41-29(33(35,36)37)22-7-5-4-6-8-22/h4-8,13-21,27-29H,9-12H2,1-3H3,(H,39,45)(H,40,44)(H,41,43)/t19-,28-,29?/m0/s1. The van der Waals surface area contributed by atoms with Gasteiger partial charge >= 0.3 is 6.18 Å². The molecule has 45 heavy (non-hydrogen) atoms. The quantitative estimate of drug-likeness (QED) is 0.205. The molecule has 12 heteroatoms. The van der Waals surface area contributed by atoms with Gasteiger partial charge in [-0.2, -0.15) is 18.3 Å². The Kier molecular flexibility index (Phi) is 9.31. The molecule has 2 aliphatic rings. The minimum Gasteiger partial charge on any atom is -0.340 e. The van der Waals surface area contributed by atoms with Crippen LogP contribution in [0.2, 0.25) is 0 Å². The van der Waals surface area contributed by atoms with Crippen molar-refractivity contribution in [1.29, 1.82) is 0 Å². The number of amides is 3. The Bertz CT molecular complexity index is 1520. The number of hydrogen-bond donors (Lipinski definition) is 3. The van der Waals surface area contributed by atoms with Crippen LogP contribution in [0, 0.1) is 23.6 Å². The molecular weight excluding hydrogens is 590 g/mol. The van der Waals surface area contributed by atoms with Crippen LogP contribution in [-0.2, 0) is 9.59 Å². The first-order valence-corrected chi connectivity index (χ1v) is 15.2. The zero-order chi connectivity index (χ0) is 32.5. The van der Waals surface area contributed by atoms with Gasteiger partial charge in [-0.3, -0.25) is 19.1 Å². The maximum Gasteiger partial charge on any atom is 0.412 e. The van der Waals surface area contributed by atoms with Gasteiger partial charge < -0.3 is 16.0 Å². The Morgan fingerprint density at radius 2 is 1.51 bits per heavy atom. The first-order chi connectivity index (χ1) is 21.3. The highest BCUT2D eigenvalue weighted by Gasteiger charge is 2.48. The summed E-state index contributed by atoms with van der Waals surface area (Å²) in [7, 11) is 0. The van der Waals surface area contributed by atoms with E-state index in [1.54, 1.807) is 16.8 Å². The number of benzene rings is 2. The monoisotopic (exact) mass is 627 g/mol. The fraction of sp³-hybridized carbons (Fsp3) is 0.455. The summed E-state index contributed by atoms with van der Waals surface area (Å²) in [5.74, 6) is -3.44. The Hall–Kier alpha value is -4.22. The summed E-state index contributed by atoms with van der Waals surface area (Å²) in [6.45, 7) is 5.16. The van der Waals surface area contributed by atoms with Crippen LogP contribution in [0.1, 0.15) is 86.1 Å². The van der Waals surface area contributed by atoms with Crippen molar-refractivity contribution < 1.29 is 31.9 Å². The average molecular weight is 628 g/mol. The van der Waals surface area contributed by atoms with Crippen LogP contribution in [0.25, 0.3) is 0 Å². The molecule has 2 saturated carbocycles. The molecule has 3 N–H and O–H groups in total. The number of carbonyl (C=O) groups is 3. The van der Waals surface area contributed by atoms with E-state index in [4.69, 9.17) is 0 Å². The highest BCUT2D eigenvalue weighted by molar-refractivity contribution is 6.01. The summed E-state index contributed by atoms with van der Waals surface area (Å²) in [4.78, 5) is 39.9. The second kappa shape index (κ2) is 13.0. The van der Waals surface area contributed by atoms with Crippen LogP contribution >= 0.6 is 0 Å². The maximum absolute atomic E-state index is 15.4. The fourth-order valence-corrected chi connectivity index (χ4v) is 5.88. The molecule has 0 spiro atoms. The van der Waals surface area contributed by atoms with Gasteiger partial charge in [-0.05, 0) is 93.5 Å². The van der Waals surface area contributed by atoms with Crippen molar-refractivity contribution in [2.24, 2.45) is 17.8 Å². The molecule has 3 atom stereocenters. The number of alkyl halides is 3. The summed E-state index contributed by atoms with van der Waals surface area (Å²) in [5, 5.41) is 11.8. The van der Waals surface area contributed by atoms with E-state index in [1.165, 1.54) is 49.5 Å². The van der Waals surface area contributed by atoms with E-state index in [9.17, 15) is 27.6 Å². The fourth-order valence-electron chi connectivity index (χ4n) is 5.88. The lowest BCUT2D eigenvalue weighted by atomic mass is 9.88. The molecule has 8 nitrogen and oxygen atoms in total. The summed E-state index contributed by atoms with van der Waals surface area (Å²) >= 11 is 0. The molecule has 2 aliphatic carbocycles. The molecule has 2 aromatic carbocycles. The summed E-state index contributed by atoms with van der Waals surface area (Å²) in [6, 6.07) is 9.06. The van der Waals surface area contributed by atoms with Crippen molar-refractivity contribution in [2.75, 3.05) is 5.32 Å². The smallest absolute Gasteiger partial charge is 0.340 e. The van der Waals surface area contributed by atoms with Gasteiger partial charge in [0.1, 0.15) is 17.6 Å². The second-order valence-corrected chi connectivity index (χ2v) is 12.3. The lowest BCUT2D eigenvalue weighted by Crippen LogP contribution is -2.50. The molecular formula is C33H37F4N5O3. The van der Waals surface area contributed by atoms with E-state index in [0.717, 1.165) is 31.7 Å². The van der Waals surface area contributed by atoms with Crippen molar-refractivity contribution in [2.45, 2.75) is 76.7 Å². The van der Waals surface area contributed by atoms with E-state index in [1.807, 2.05) is 19.2 Å². The first-order valence-electron chi connectivity index (χ1n) is 15.2. The molecule has 0 bridgehead atoms. The highest BCUT2D eigenvalue weighted by atomic mass is 19.4. The number of halogens is 4. The molecule has 240 valence electrons. The topological polar surface area (TPSA) is 105 Å². The van der Waals surface area contributed by atoms with Gasteiger partial charge in [0.05, 0.1) is 11.6 Å². The van der Waals surface area contributed by atoms with Crippen molar-refractivity contribution in [3.8, 4) is 0 Å². The molecule has 1 aromatic heterocycles. The number of aromatic nitrogens is 2. The average Bonchev–Trinajstić information content (AvgIpc) is 3.95. The van der Waals surface area contributed by atoms with Crippen molar-refractivity contribution >= 4 is 23.4 Å². The maximum atomic E-state index is 15.4. The molecule has 3 amide bonds. The number of nitrogens with one attached hydrogen (secondary N) is 3. The van der Waals surface area contributed by atoms with Gasteiger partial charge in [0.15, 0.2) is 6.04 Å². The zero-order valence-corrected chi connectivity index (χ0v) is 25.3. The van der Waals surface area contributed by atoms with E-state index in [-0.39, 0.29) is 40.6 Å². The van der Waals surface area contributed by atoms with Crippen LogP contribution < -0.4 is 16.0 Å². The Balaban J connectivity index is 1.31. The number of carbonyl (C=O) groups excluding carboxylic acids is 3. The van der Waals surface area contributed by atoms with E-state index < -0.39 is 47.7 Å². The third-order valence-electron chi connectivity index (χ3n) is 8.57. The first kappa shape index (κ1) is 32.2. The zero-order valence-electron chi connectivity index (χ0n) is 25.3. The highest BCUT2D eigenvalue weighted by Crippen LogP contribution is 2.51. The second-order valence-electron chi connectivity index (χ2n) is 12.3. The SMILES string of the molecule is CC(C)n1nccc1C(=O)N[C@H](C(=O)Nc1ccc([C@H](C)C(=O)NC(c2ccccc2)C(F)(F)F)cc1F)C(C1CC1)C1CC1. The van der Waals surface area contributed by atoms with Gasteiger partial charge in [0, 0.05) is 12.2 Å². The van der Waals surface area contributed by atoms with Gasteiger partial charge in [-0.25, -0.2) is 4.39 Å². The molecule has 0 aliphatic heterocycles. The van der Waals surface area contributed by atoms with Crippen LogP contribution in [0.3, 0.4) is 0 Å². The number of nitrogens with zero attached hydrogens (tertiary/aromatic N) is 2. The molecule has 0 radical (unpaired) electrons. The van der Waals surface area contributed by atoms with E-state index in [0.29, 0.717) is 5.69 Å². The van der Waals surface area contributed by atoms with E-state index >= 15 is 4.39 Å². The number of anilines is 1. The largest absolute Gasteiger partial charge is 0.412 e. The van der Waals surface area contributed by atoms with Crippen LogP contribution in [0.5, 0.6) is 0 Å². The third kappa shape index (κ3) is 7.54. The molecule has 1 unspecified atom stereocenters. The summed E-state index contributed by atoms with van der Waals surface area (Å²) < 4.78 is 58.2. The summed E-state index contributed by atoms with van der Waals surface area (Å²) in [6.07, 6.45) is 0.586. The van der Waals surface area contributed by atoms with Crippen LogP contribution in [0.15, 0.2) is 60.8 Å². The Morgan fingerprint density at radius 1 is 0.867 bits per heavy atom. The van der Waals surface area contributed by atoms with Crippen LogP contribution in [0.4, 0.5) is 23.2 Å². The van der Waals surface area contributed by atoms with Gasteiger partial charge in [0.2, 0.25) is 11.8 Å². The predicted octanol–water partition coefficient (Wildman–Crippen LogP) is 6.30. The van der Waals surface area contributed by atoms with E-state index in [2.05, 4.69) is 15.7 Å². The Labute approximate surface area is 259 Å². The normalized spacial score (nSPS) is 17.1.